The molecule has 1 heterocycles. The molecular formula is C17H14N2O3S. The number of benzene rings is 2. The fraction of sp³-hybridized carbons (Fsp3) is 0.0588. The van der Waals surface area contributed by atoms with E-state index in [1.807, 2.05) is 30.3 Å². The van der Waals surface area contributed by atoms with E-state index in [2.05, 4.69) is 10.3 Å². The van der Waals surface area contributed by atoms with Crippen molar-refractivity contribution in [2.45, 2.75) is 0 Å². The lowest BCUT2D eigenvalue weighted by atomic mass is 10.2. The van der Waals surface area contributed by atoms with Gasteiger partial charge < -0.3 is 15.2 Å². The molecule has 0 radical (unpaired) electrons. The molecule has 1 saturated heterocycles. The number of nitrogens with zero attached hydrogens (tertiary/aromatic N) is 1. The van der Waals surface area contributed by atoms with Gasteiger partial charge in [0.1, 0.15) is 5.84 Å². The Morgan fingerprint density at radius 3 is 2.70 bits per heavy atom. The lowest BCUT2D eigenvalue weighted by Crippen LogP contribution is -2.18. The second kappa shape index (κ2) is 6.58. The van der Waals surface area contributed by atoms with E-state index in [-0.39, 0.29) is 11.0 Å². The molecule has 23 heavy (non-hydrogen) atoms. The Bertz CT molecular complexity index is 801. The average Bonchev–Trinajstić information content (AvgIpc) is 2.88. The maximum Gasteiger partial charge on any atom is 0.289 e. The van der Waals surface area contributed by atoms with E-state index in [0.717, 1.165) is 23.0 Å². The number of thioether (sulfide) groups is 1. The predicted octanol–water partition coefficient (Wildman–Crippen LogP) is 3.93. The summed E-state index contributed by atoms with van der Waals surface area (Å²) in [5, 5.41) is 12.4. The number of aliphatic imine (C=N–C) groups is 1. The Labute approximate surface area is 137 Å². The van der Waals surface area contributed by atoms with Gasteiger partial charge in [0.2, 0.25) is 0 Å². The number of carbonyl (C=O) groups excluding carboxylic acids is 1. The first-order valence-corrected chi connectivity index (χ1v) is 7.69. The van der Waals surface area contributed by atoms with Gasteiger partial charge in [-0.2, -0.15) is 0 Å². The number of phenols is 1. The Kier molecular flexibility index (Phi) is 4.34. The molecule has 0 spiro atoms. The zero-order chi connectivity index (χ0) is 16.2. The number of hydrogen-bond donors (Lipinski definition) is 2. The van der Waals surface area contributed by atoms with Crippen LogP contribution in [-0.4, -0.2) is 23.3 Å². The number of amides is 1. The maximum atomic E-state index is 11.7. The highest BCUT2D eigenvalue weighted by molar-refractivity contribution is 8.18. The quantitative estimate of drug-likeness (QED) is 0.896. The standard InChI is InChI=1S/C17H14N2O3S/c1-22-14-8-7-11(9-13(14)20)10-15-16(19-17(21)23-15)18-12-5-3-2-4-6-12/h2-10,20H,1H3,(H,18,19,21)/b15-10-. The molecular weight excluding hydrogens is 312 g/mol. The van der Waals surface area contributed by atoms with Crippen LogP contribution in [0.2, 0.25) is 0 Å². The third kappa shape index (κ3) is 3.54. The number of nitrogens with one attached hydrogen (secondary N) is 1. The van der Waals surface area contributed by atoms with Crippen LogP contribution in [0.15, 0.2) is 58.4 Å². The average molecular weight is 326 g/mol. The second-order valence-corrected chi connectivity index (χ2v) is 5.77. The molecule has 0 atom stereocenters. The number of ether oxygens (including phenoxy) is 1. The molecule has 0 aromatic heterocycles. The summed E-state index contributed by atoms with van der Waals surface area (Å²) in [4.78, 5) is 16.8. The molecule has 0 aliphatic carbocycles. The molecule has 6 heteroatoms. The summed E-state index contributed by atoms with van der Waals surface area (Å²) in [6.45, 7) is 0. The molecule has 2 aromatic carbocycles. The Morgan fingerprint density at radius 2 is 2.00 bits per heavy atom. The van der Waals surface area contributed by atoms with Crippen LogP contribution >= 0.6 is 11.8 Å². The summed E-state index contributed by atoms with van der Waals surface area (Å²) >= 11 is 1.07. The molecule has 3 rings (SSSR count). The fourth-order valence-corrected chi connectivity index (χ4v) is 2.83. The van der Waals surface area contributed by atoms with Gasteiger partial charge in [0.25, 0.3) is 5.24 Å². The topological polar surface area (TPSA) is 70.9 Å². The predicted molar refractivity (Wildman–Crippen MR) is 92.3 cm³/mol. The molecule has 0 bridgehead atoms. The third-order valence-corrected chi connectivity index (χ3v) is 3.97. The minimum absolute atomic E-state index is 0.0469. The first kappa shape index (κ1) is 15.2. The van der Waals surface area contributed by atoms with Gasteiger partial charge in [-0.1, -0.05) is 24.3 Å². The van der Waals surface area contributed by atoms with Gasteiger partial charge in [0.15, 0.2) is 11.5 Å². The van der Waals surface area contributed by atoms with E-state index in [1.54, 1.807) is 24.3 Å². The zero-order valence-electron chi connectivity index (χ0n) is 12.3. The number of para-hydroxylation sites is 1. The maximum absolute atomic E-state index is 11.7. The smallest absolute Gasteiger partial charge is 0.289 e. The summed E-state index contributed by atoms with van der Waals surface area (Å²) in [7, 11) is 1.49. The molecule has 1 aliphatic heterocycles. The first-order chi connectivity index (χ1) is 11.2. The molecule has 0 saturated carbocycles. The van der Waals surface area contributed by atoms with Crippen LogP contribution in [0.1, 0.15) is 5.56 Å². The number of phenolic OH excluding ortho intramolecular Hbond substituents is 1. The Balaban J connectivity index is 1.95. The largest absolute Gasteiger partial charge is 0.504 e. The summed E-state index contributed by atoms with van der Waals surface area (Å²) in [6.07, 6.45) is 1.80. The van der Waals surface area contributed by atoms with Crippen LogP contribution in [0.4, 0.5) is 10.5 Å². The highest BCUT2D eigenvalue weighted by atomic mass is 32.2. The molecule has 1 amide bonds. The first-order valence-electron chi connectivity index (χ1n) is 6.87. The Hall–Kier alpha value is -2.73. The van der Waals surface area contributed by atoms with E-state index in [9.17, 15) is 9.90 Å². The number of aromatic hydroxyl groups is 1. The molecule has 5 nitrogen and oxygen atoms in total. The SMILES string of the molecule is COc1ccc(/C=C2\SC(=O)NC2=Nc2ccccc2)cc1O. The van der Waals surface area contributed by atoms with Gasteiger partial charge >= 0.3 is 0 Å². The van der Waals surface area contributed by atoms with E-state index in [0.29, 0.717) is 16.5 Å². The number of amidine groups is 1. The number of methoxy groups -OCH3 is 1. The zero-order valence-corrected chi connectivity index (χ0v) is 13.1. The van der Waals surface area contributed by atoms with Gasteiger partial charge in [-0.15, -0.1) is 0 Å². The highest BCUT2D eigenvalue weighted by Crippen LogP contribution is 2.31. The van der Waals surface area contributed by atoms with Crippen LogP contribution in [-0.2, 0) is 0 Å². The molecule has 1 aliphatic rings. The third-order valence-electron chi connectivity index (χ3n) is 3.15. The van der Waals surface area contributed by atoms with Crippen molar-refractivity contribution < 1.29 is 14.6 Å². The van der Waals surface area contributed by atoms with Crippen molar-refractivity contribution in [1.29, 1.82) is 0 Å². The monoisotopic (exact) mass is 326 g/mol. The van der Waals surface area contributed by atoms with Crippen molar-refractivity contribution >= 4 is 34.6 Å². The van der Waals surface area contributed by atoms with Crippen molar-refractivity contribution in [3.05, 3.63) is 59.0 Å². The van der Waals surface area contributed by atoms with Gasteiger partial charge in [-0.3, -0.25) is 4.79 Å². The molecule has 116 valence electrons. The van der Waals surface area contributed by atoms with E-state index >= 15 is 0 Å². The summed E-state index contributed by atoms with van der Waals surface area (Å²) in [6, 6.07) is 14.4. The number of rotatable bonds is 3. The fourth-order valence-electron chi connectivity index (χ4n) is 2.09. The van der Waals surface area contributed by atoms with Crippen molar-refractivity contribution in [3.63, 3.8) is 0 Å². The summed E-state index contributed by atoms with van der Waals surface area (Å²) in [5.41, 5.74) is 1.51. The second-order valence-electron chi connectivity index (χ2n) is 4.75. The van der Waals surface area contributed by atoms with Gasteiger partial charge in [-0.25, -0.2) is 4.99 Å². The minimum Gasteiger partial charge on any atom is -0.504 e. The van der Waals surface area contributed by atoms with Crippen LogP contribution in [0.5, 0.6) is 11.5 Å². The molecule has 1 fully saturated rings. The number of hydrogen-bond acceptors (Lipinski definition) is 5. The van der Waals surface area contributed by atoms with Crippen molar-refractivity contribution in [3.8, 4) is 11.5 Å². The normalized spacial score (nSPS) is 17.5. The lowest BCUT2D eigenvalue weighted by Gasteiger charge is -2.04. The molecule has 2 aromatic rings. The van der Waals surface area contributed by atoms with Gasteiger partial charge in [0.05, 0.1) is 17.7 Å². The highest BCUT2D eigenvalue weighted by Gasteiger charge is 2.23. The van der Waals surface area contributed by atoms with Crippen LogP contribution in [0.25, 0.3) is 6.08 Å². The summed E-state index contributed by atoms with van der Waals surface area (Å²) < 4.78 is 5.02. The number of carbonyl (C=O) groups is 1. The summed E-state index contributed by atoms with van der Waals surface area (Å²) in [5.74, 6) is 0.950. The van der Waals surface area contributed by atoms with Gasteiger partial charge in [-0.05, 0) is 47.7 Å². The Morgan fingerprint density at radius 1 is 1.22 bits per heavy atom. The molecule has 2 N–H and O–H groups in total. The minimum atomic E-state index is -0.177. The van der Waals surface area contributed by atoms with E-state index < -0.39 is 0 Å². The van der Waals surface area contributed by atoms with Crippen LogP contribution < -0.4 is 10.1 Å². The van der Waals surface area contributed by atoms with E-state index in [1.165, 1.54) is 7.11 Å². The lowest BCUT2D eigenvalue weighted by molar-refractivity contribution is 0.265. The van der Waals surface area contributed by atoms with Crippen molar-refractivity contribution in [1.82, 2.24) is 5.32 Å². The van der Waals surface area contributed by atoms with Crippen LogP contribution in [0.3, 0.4) is 0 Å². The molecule has 0 unspecified atom stereocenters. The van der Waals surface area contributed by atoms with Crippen molar-refractivity contribution in [2.75, 3.05) is 7.11 Å². The van der Waals surface area contributed by atoms with Crippen LogP contribution in [0, 0.1) is 0 Å². The van der Waals surface area contributed by atoms with Crippen molar-refractivity contribution in [2.24, 2.45) is 4.99 Å². The van der Waals surface area contributed by atoms with Gasteiger partial charge in [0, 0.05) is 0 Å². The van der Waals surface area contributed by atoms with E-state index in [4.69, 9.17) is 4.74 Å².